The molecule has 1 aliphatic heterocycles. The zero-order valence-corrected chi connectivity index (χ0v) is 8.50. The lowest BCUT2D eigenvalue weighted by atomic mass is 10.1. The molecular formula is C9H16N2O3. The molecule has 0 aromatic rings. The number of carbonyl (C=O) groups excluding carboxylic acids is 2. The van der Waals surface area contributed by atoms with Crippen LogP contribution in [0.5, 0.6) is 0 Å². The van der Waals surface area contributed by atoms with Crippen LogP contribution < -0.4 is 10.6 Å². The molecule has 0 radical (unpaired) electrons. The molecule has 0 aromatic carbocycles. The Labute approximate surface area is 83.2 Å². The van der Waals surface area contributed by atoms with E-state index in [-0.39, 0.29) is 24.3 Å². The molecule has 1 heterocycles. The average molecular weight is 200 g/mol. The minimum Gasteiger partial charge on any atom is -0.466 e. The van der Waals surface area contributed by atoms with Crippen molar-refractivity contribution in [2.75, 3.05) is 13.2 Å². The second-order valence-electron chi connectivity index (χ2n) is 3.38. The lowest BCUT2D eigenvalue weighted by molar-refractivity contribution is -0.145. The van der Waals surface area contributed by atoms with Crippen LogP contribution in [0.4, 0.5) is 0 Å². The first kappa shape index (κ1) is 11.0. The summed E-state index contributed by atoms with van der Waals surface area (Å²) in [4.78, 5) is 22.5. The fourth-order valence-corrected chi connectivity index (χ4v) is 1.36. The zero-order chi connectivity index (χ0) is 10.6. The molecule has 5 nitrogen and oxygen atoms in total. The number of nitrogens with one attached hydrogen (secondary N) is 2. The molecule has 1 amide bonds. The summed E-state index contributed by atoms with van der Waals surface area (Å²) >= 11 is 0. The maximum absolute atomic E-state index is 11.4. The van der Waals surface area contributed by atoms with Crippen molar-refractivity contribution < 1.29 is 14.3 Å². The van der Waals surface area contributed by atoms with Crippen LogP contribution in [-0.4, -0.2) is 37.1 Å². The average Bonchev–Trinajstić information content (AvgIpc) is 2.10. The molecule has 1 aliphatic rings. The van der Waals surface area contributed by atoms with Gasteiger partial charge >= 0.3 is 5.97 Å². The lowest BCUT2D eigenvalue weighted by Crippen LogP contribution is -2.57. The molecule has 0 saturated carbocycles. The maximum atomic E-state index is 11.4. The number of esters is 1. The van der Waals surface area contributed by atoms with Gasteiger partial charge in [-0.15, -0.1) is 0 Å². The molecule has 0 spiro atoms. The largest absolute Gasteiger partial charge is 0.466 e. The summed E-state index contributed by atoms with van der Waals surface area (Å²) in [6, 6.07) is -0.314. The number of hydrogen-bond acceptors (Lipinski definition) is 4. The SMILES string of the molecule is CCOC(=O)C[C@H]1NC[C@@H](C)NC1=O. The molecule has 0 bridgehead atoms. The molecule has 1 fully saturated rings. The Bertz CT molecular complexity index is 230. The normalized spacial score (nSPS) is 26.9. The highest BCUT2D eigenvalue weighted by Gasteiger charge is 2.27. The van der Waals surface area contributed by atoms with Gasteiger partial charge in [-0.1, -0.05) is 0 Å². The number of amides is 1. The highest BCUT2D eigenvalue weighted by atomic mass is 16.5. The van der Waals surface area contributed by atoms with E-state index in [2.05, 4.69) is 10.6 Å². The van der Waals surface area contributed by atoms with Crippen molar-refractivity contribution in [3.63, 3.8) is 0 Å². The Hall–Kier alpha value is -1.10. The van der Waals surface area contributed by atoms with E-state index in [0.29, 0.717) is 13.2 Å². The topological polar surface area (TPSA) is 67.4 Å². The molecule has 0 aliphatic carbocycles. The number of carbonyl (C=O) groups is 2. The molecule has 2 atom stereocenters. The molecular weight excluding hydrogens is 184 g/mol. The van der Waals surface area contributed by atoms with Crippen LogP contribution in [0.3, 0.4) is 0 Å². The molecule has 0 aromatic heterocycles. The monoisotopic (exact) mass is 200 g/mol. The highest BCUT2D eigenvalue weighted by Crippen LogP contribution is 2.01. The first-order chi connectivity index (χ1) is 6.63. The summed E-state index contributed by atoms with van der Waals surface area (Å²) < 4.78 is 4.76. The van der Waals surface area contributed by atoms with Gasteiger partial charge in [0.15, 0.2) is 0 Å². The minimum atomic E-state index is -0.440. The van der Waals surface area contributed by atoms with Gasteiger partial charge in [-0.3, -0.25) is 9.59 Å². The van der Waals surface area contributed by atoms with E-state index in [1.54, 1.807) is 6.92 Å². The summed E-state index contributed by atoms with van der Waals surface area (Å²) in [5.74, 6) is -0.466. The number of piperazine rings is 1. The first-order valence-electron chi connectivity index (χ1n) is 4.83. The molecule has 1 rings (SSSR count). The van der Waals surface area contributed by atoms with Crippen molar-refractivity contribution in [2.24, 2.45) is 0 Å². The first-order valence-corrected chi connectivity index (χ1v) is 4.83. The van der Waals surface area contributed by atoms with Crippen LogP contribution in [0.1, 0.15) is 20.3 Å². The smallest absolute Gasteiger partial charge is 0.307 e. The van der Waals surface area contributed by atoms with Gasteiger partial charge in [-0.05, 0) is 13.8 Å². The van der Waals surface area contributed by atoms with Gasteiger partial charge in [0.25, 0.3) is 0 Å². The van der Waals surface area contributed by atoms with Crippen LogP contribution in [0, 0.1) is 0 Å². The second kappa shape index (κ2) is 4.95. The van der Waals surface area contributed by atoms with Gasteiger partial charge in [0.1, 0.15) is 0 Å². The third-order valence-electron chi connectivity index (χ3n) is 2.05. The molecule has 5 heteroatoms. The van der Waals surface area contributed by atoms with Crippen LogP contribution in [-0.2, 0) is 14.3 Å². The Morgan fingerprint density at radius 2 is 2.36 bits per heavy atom. The summed E-state index contributed by atoms with van der Waals surface area (Å²) in [6.45, 7) is 4.69. The highest BCUT2D eigenvalue weighted by molar-refractivity contribution is 5.87. The van der Waals surface area contributed by atoms with Crippen molar-refractivity contribution in [1.82, 2.24) is 10.6 Å². The predicted molar refractivity (Wildman–Crippen MR) is 50.6 cm³/mol. The van der Waals surface area contributed by atoms with Gasteiger partial charge in [0.2, 0.25) is 5.91 Å². The Kier molecular flexibility index (Phi) is 3.88. The number of ether oxygens (including phenoxy) is 1. The van der Waals surface area contributed by atoms with E-state index in [0.717, 1.165) is 0 Å². The fourth-order valence-electron chi connectivity index (χ4n) is 1.36. The van der Waals surface area contributed by atoms with Gasteiger partial charge in [-0.2, -0.15) is 0 Å². The Morgan fingerprint density at radius 3 is 2.93 bits per heavy atom. The van der Waals surface area contributed by atoms with Gasteiger partial charge in [0.05, 0.1) is 19.1 Å². The van der Waals surface area contributed by atoms with Crippen molar-refractivity contribution in [3.8, 4) is 0 Å². The van der Waals surface area contributed by atoms with Crippen LogP contribution >= 0.6 is 0 Å². The lowest BCUT2D eigenvalue weighted by Gasteiger charge is -2.27. The third kappa shape index (κ3) is 2.99. The van der Waals surface area contributed by atoms with Crippen LogP contribution in [0.2, 0.25) is 0 Å². The van der Waals surface area contributed by atoms with Crippen molar-refractivity contribution in [1.29, 1.82) is 0 Å². The summed E-state index contributed by atoms with van der Waals surface area (Å²) in [7, 11) is 0. The maximum Gasteiger partial charge on any atom is 0.307 e. The van der Waals surface area contributed by atoms with E-state index in [4.69, 9.17) is 4.74 Å². The molecule has 2 N–H and O–H groups in total. The standard InChI is InChI=1S/C9H16N2O3/c1-3-14-8(12)4-7-9(13)11-6(2)5-10-7/h6-7,10H,3-5H2,1-2H3,(H,11,13)/t6-,7-/m1/s1. The van der Waals surface area contributed by atoms with Crippen LogP contribution in [0.25, 0.3) is 0 Å². The van der Waals surface area contributed by atoms with E-state index in [1.165, 1.54) is 0 Å². The number of hydrogen-bond donors (Lipinski definition) is 2. The van der Waals surface area contributed by atoms with E-state index in [1.807, 2.05) is 6.92 Å². The van der Waals surface area contributed by atoms with Gasteiger partial charge in [-0.25, -0.2) is 0 Å². The zero-order valence-electron chi connectivity index (χ0n) is 8.50. The predicted octanol–water partition coefficient (Wildman–Crippen LogP) is -0.584. The number of rotatable bonds is 3. The van der Waals surface area contributed by atoms with Gasteiger partial charge < -0.3 is 15.4 Å². The molecule has 1 saturated heterocycles. The summed E-state index contributed by atoms with van der Waals surface area (Å²) in [6.07, 6.45) is 0.104. The fraction of sp³-hybridized carbons (Fsp3) is 0.778. The summed E-state index contributed by atoms with van der Waals surface area (Å²) in [5.41, 5.74) is 0. The van der Waals surface area contributed by atoms with Crippen molar-refractivity contribution in [2.45, 2.75) is 32.4 Å². The van der Waals surface area contributed by atoms with Gasteiger partial charge in [0, 0.05) is 12.6 Å². The third-order valence-corrected chi connectivity index (χ3v) is 2.05. The van der Waals surface area contributed by atoms with Crippen LogP contribution in [0.15, 0.2) is 0 Å². The van der Waals surface area contributed by atoms with E-state index in [9.17, 15) is 9.59 Å². The minimum absolute atomic E-state index is 0.104. The second-order valence-corrected chi connectivity index (χ2v) is 3.38. The Balaban J connectivity index is 2.37. The quantitative estimate of drug-likeness (QED) is 0.598. The van der Waals surface area contributed by atoms with Crippen molar-refractivity contribution >= 4 is 11.9 Å². The molecule has 14 heavy (non-hydrogen) atoms. The van der Waals surface area contributed by atoms with E-state index >= 15 is 0 Å². The van der Waals surface area contributed by atoms with Crippen molar-refractivity contribution in [3.05, 3.63) is 0 Å². The Morgan fingerprint density at radius 1 is 1.64 bits per heavy atom. The molecule has 0 unspecified atom stereocenters. The van der Waals surface area contributed by atoms with E-state index < -0.39 is 6.04 Å². The summed E-state index contributed by atoms with van der Waals surface area (Å²) in [5, 5.41) is 5.76. The molecule has 80 valence electrons.